The molecule has 0 saturated heterocycles. The Morgan fingerprint density at radius 1 is 1.15 bits per heavy atom. The summed E-state index contributed by atoms with van der Waals surface area (Å²) >= 11 is 0. The molecule has 1 heterocycles. The molecule has 20 heavy (non-hydrogen) atoms. The number of hydrogen-bond donors (Lipinski definition) is 2. The van der Waals surface area contributed by atoms with Gasteiger partial charge >= 0.3 is 0 Å². The molecule has 0 spiro atoms. The third-order valence-electron chi connectivity index (χ3n) is 4.81. The maximum atomic E-state index is 3.60. The molecule has 0 bridgehead atoms. The number of nitrogens with one attached hydrogen (secondary N) is 2. The van der Waals surface area contributed by atoms with Gasteiger partial charge in [-0.3, -0.25) is 0 Å². The van der Waals surface area contributed by atoms with Crippen molar-refractivity contribution in [1.82, 2.24) is 10.3 Å². The molecule has 0 aliphatic heterocycles. The van der Waals surface area contributed by atoms with E-state index < -0.39 is 0 Å². The lowest BCUT2D eigenvalue weighted by Crippen LogP contribution is -2.20. The number of aromatic nitrogens is 1. The Bertz CT molecular complexity index is 535. The Hall–Kier alpha value is -1.28. The van der Waals surface area contributed by atoms with E-state index in [1.807, 2.05) is 6.20 Å². The second-order valence-electron chi connectivity index (χ2n) is 6.49. The van der Waals surface area contributed by atoms with Crippen molar-refractivity contribution in [3.05, 3.63) is 36.0 Å². The van der Waals surface area contributed by atoms with Crippen molar-refractivity contribution in [1.29, 1.82) is 0 Å². The van der Waals surface area contributed by atoms with Gasteiger partial charge in [-0.15, -0.1) is 0 Å². The van der Waals surface area contributed by atoms with Crippen molar-refractivity contribution in [2.75, 3.05) is 6.54 Å². The molecule has 2 aromatic rings. The van der Waals surface area contributed by atoms with Crippen LogP contribution in [-0.4, -0.2) is 11.5 Å². The largest absolute Gasteiger partial charge is 0.361 e. The maximum absolute atomic E-state index is 3.60. The van der Waals surface area contributed by atoms with Gasteiger partial charge in [-0.2, -0.15) is 0 Å². The molecule has 2 heteroatoms. The lowest BCUT2D eigenvalue weighted by atomic mass is 9.81. The zero-order valence-corrected chi connectivity index (χ0v) is 12.5. The molecule has 1 saturated carbocycles. The minimum atomic E-state index is 0.963. The van der Waals surface area contributed by atoms with Gasteiger partial charge in [0.2, 0.25) is 0 Å². The molecule has 108 valence electrons. The molecule has 0 radical (unpaired) electrons. The molecule has 1 fully saturated rings. The average molecular weight is 270 g/mol. The van der Waals surface area contributed by atoms with Crippen LogP contribution in [-0.2, 0) is 6.54 Å². The van der Waals surface area contributed by atoms with Gasteiger partial charge < -0.3 is 10.3 Å². The number of hydrogen-bond acceptors (Lipinski definition) is 1. The normalized spacial score (nSPS) is 23.2. The summed E-state index contributed by atoms with van der Waals surface area (Å²) in [7, 11) is 0. The van der Waals surface area contributed by atoms with Crippen molar-refractivity contribution in [2.24, 2.45) is 11.8 Å². The van der Waals surface area contributed by atoms with Crippen LogP contribution in [0.2, 0.25) is 0 Å². The van der Waals surface area contributed by atoms with Crippen LogP contribution < -0.4 is 5.32 Å². The van der Waals surface area contributed by atoms with E-state index >= 15 is 0 Å². The van der Waals surface area contributed by atoms with Crippen molar-refractivity contribution in [3.8, 4) is 0 Å². The minimum absolute atomic E-state index is 0.963. The Labute approximate surface area is 122 Å². The fourth-order valence-corrected chi connectivity index (χ4v) is 3.36. The molecule has 3 rings (SSSR count). The molecular weight excluding hydrogens is 244 g/mol. The summed E-state index contributed by atoms with van der Waals surface area (Å²) < 4.78 is 0. The number of H-pyrrole nitrogens is 1. The third kappa shape index (κ3) is 3.43. The summed E-state index contributed by atoms with van der Waals surface area (Å²) in [5.74, 6) is 1.93. The van der Waals surface area contributed by atoms with Crippen LogP contribution in [0.1, 0.15) is 44.6 Å². The van der Waals surface area contributed by atoms with Crippen LogP contribution in [0.3, 0.4) is 0 Å². The van der Waals surface area contributed by atoms with Gasteiger partial charge in [-0.05, 0) is 47.9 Å². The van der Waals surface area contributed by atoms with E-state index in [4.69, 9.17) is 0 Å². The van der Waals surface area contributed by atoms with Gasteiger partial charge in [0.05, 0.1) is 0 Å². The zero-order chi connectivity index (χ0) is 13.8. The van der Waals surface area contributed by atoms with Gasteiger partial charge in [-0.25, -0.2) is 0 Å². The summed E-state index contributed by atoms with van der Waals surface area (Å²) in [6.07, 6.45) is 9.11. The minimum Gasteiger partial charge on any atom is -0.361 e. The Kier molecular flexibility index (Phi) is 4.41. The van der Waals surface area contributed by atoms with Crippen molar-refractivity contribution in [2.45, 2.75) is 45.6 Å². The van der Waals surface area contributed by atoms with Crippen LogP contribution in [0.4, 0.5) is 0 Å². The molecule has 2 nitrogen and oxygen atoms in total. The molecular formula is C18H26N2. The standard InChI is InChI=1S/C18H26N2/c1-14-2-4-15(5-3-14)8-10-19-13-16-6-7-17-9-11-20-18(17)12-16/h6-7,9,11-12,14-15,19-20H,2-5,8,10,13H2,1H3. The van der Waals surface area contributed by atoms with Crippen LogP contribution in [0.5, 0.6) is 0 Å². The summed E-state index contributed by atoms with van der Waals surface area (Å²) in [6.45, 7) is 4.53. The first kappa shape index (κ1) is 13.7. The Morgan fingerprint density at radius 2 is 2.00 bits per heavy atom. The van der Waals surface area contributed by atoms with E-state index in [-0.39, 0.29) is 0 Å². The van der Waals surface area contributed by atoms with Crippen molar-refractivity contribution >= 4 is 10.9 Å². The maximum Gasteiger partial charge on any atom is 0.0457 e. The van der Waals surface area contributed by atoms with Gasteiger partial charge in [0.1, 0.15) is 0 Å². The highest BCUT2D eigenvalue weighted by molar-refractivity contribution is 5.79. The van der Waals surface area contributed by atoms with E-state index in [2.05, 4.69) is 41.5 Å². The summed E-state index contributed by atoms with van der Waals surface area (Å²) in [5, 5.41) is 4.90. The van der Waals surface area contributed by atoms with E-state index in [1.54, 1.807) is 0 Å². The van der Waals surface area contributed by atoms with Crippen LogP contribution in [0.25, 0.3) is 10.9 Å². The molecule has 1 aliphatic rings. The van der Waals surface area contributed by atoms with Gasteiger partial charge in [-0.1, -0.05) is 44.7 Å². The van der Waals surface area contributed by atoms with E-state index in [0.29, 0.717) is 0 Å². The lowest BCUT2D eigenvalue weighted by molar-refractivity contribution is 0.275. The Morgan fingerprint density at radius 3 is 2.85 bits per heavy atom. The first-order valence-corrected chi connectivity index (χ1v) is 8.08. The number of aromatic amines is 1. The highest BCUT2D eigenvalue weighted by Gasteiger charge is 2.17. The molecule has 0 unspecified atom stereocenters. The monoisotopic (exact) mass is 270 g/mol. The predicted molar refractivity (Wildman–Crippen MR) is 85.7 cm³/mol. The summed E-state index contributed by atoms with van der Waals surface area (Å²) in [5.41, 5.74) is 2.61. The second kappa shape index (κ2) is 6.45. The molecule has 1 aliphatic carbocycles. The first-order valence-electron chi connectivity index (χ1n) is 8.08. The number of benzene rings is 1. The van der Waals surface area contributed by atoms with E-state index in [1.165, 1.54) is 48.6 Å². The number of rotatable bonds is 5. The average Bonchev–Trinajstić information content (AvgIpc) is 2.93. The molecule has 0 atom stereocenters. The molecule has 1 aromatic carbocycles. The second-order valence-corrected chi connectivity index (χ2v) is 6.49. The fraction of sp³-hybridized carbons (Fsp3) is 0.556. The van der Waals surface area contributed by atoms with Gasteiger partial charge in [0, 0.05) is 18.3 Å². The predicted octanol–water partition coefficient (Wildman–Crippen LogP) is 4.47. The summed E-state index contributed by atoms with van der Waals surface area (Å²) in [6, 6.07) is 8.80. The lowest BCUT2D eigenvalue weighted by Gasteiger charge is -2.26. The van der Waals surface area contributed by atoms with Crippen LogP contribution in [0.15, 0.2) is 30.5 Å². The molecule has 1 aromatic heterocycles. The van der Waals surface area contributed by atoms with Crippen LogP contribution >= 0.6 is 0 Å². The Balaban J connectivity index is 1.41. The van der Waals surface area contributed by atoms with Crippen molar-refractivity contribution < 1.29 is 0 Å². The molecule has 2 N–H and O–H groups in total. The van der Waals surface area contributed by atoms with Gasteiger partial charge in [0.25, 0.3) is 0 Å². The zero-order valence-electron chi connectivity index (χ0n) is 12.5. The number of fused-ring (bicyclic) bond motifs is 1. The summed E-state index contributed by atoms with van der Waals surface area (Å²) in [4.78, 5) is 3.28. The van der Waals surface area contributed by atoms with E-state index in [0.717, 1.165) is 24.9 Å². The topological polar surface area (TPSA) is 27.8 Å². The smallest absolute Gasteiger partial charge is 0.0457 e. The SMILES string of the molecule is CC1CCC(CCNCc2ccc3cc[nH]c3c2)CC1. The van der Waals surface area contributed by atoms with E-state index in [9.17, 15) is 0 Å². The highest BCUT2D eigenvalue weighted by atomic mass is 14.8. The fourth-order valence-electron chi connectivity index (χ4n) is 3.36. The van der Waals surface area contributed by atoms with Crippen molar-refractivity contribution in [3.63, 3.8) is 0 Å². The third-order valence-corrected chi connectivity index (χ3v) is 4.81. The van der Waals surface area contributed by atoms with Crippen LogP contribution in [0, 0.1) is 11.8 Å². The quantitative estimate of drug-likeness (QED) is 0.771. The molecule has 0 amide bonds. The highest BCUT2D eigenvalue weighted by Crippen LogP contribution is 2.29. The van der Waals surface area contributed by atoms with Gasteiger partial charge in [0.15, 0.2) is 0 Å². The first-order chi connectivity index (χ1) is 9.81.